The average molecular weight is 391 g/mol. The molecule has 1 aliphatic carbocycles. The lowest BCUT2D eigenvalue weighted by atomic mass is 9.92. The SMILES string of the molecule is C[N+]1(C)[C@@H]2CC(OC(=O)C(O)(c3cccs3)c3cccs3)C[C@H]1[C@H]1C[C@H]12. The van der Waals surface area contributed by atoms with Gasteiger partial charge in [0.15, 0.2) is 0 Å². The predicted octanol–water partition coefficient (Wildman–Crippen LogP) is 3.21. The van der Waals surface area contributed by atoms with Gasteiger partial charge in [-0.15, -0.1) is 22.7 Å². The Hall–Kier alpha value is -1.21. The van der Waals surface area contributed by atoms with E-state index < -0.39 is 11.6 Å². The van der Waals surface area contributed by atoms with Crippen LogP contribution >= 0.6 is 22.7 Å². The Kier molecular flexibility index (Phi) is 3.67. The number of ether oxygens (including phenoxy) is 1. The summed E-state index contributed by atoms with van der Waals surface area (Å²) in [5.74, 6) is 1.10. The standard InChI is InChI=1S/C20H24NO3S2/c1-21(2)15-9-12(10-16(21)14-11-13(14)15)24-19(22)20(23,17-5-3-7-25-17)18-6-4-8-26-18/h3-8,12-16,23H,9-11H2,1-2H3/q+1/t12?,13-,14+,15-,16+. The highest BCUT2D eigenvalue weighted by atomic mass is 32.1. The van der Waals surface area contributed by atoms with E-state index in [-0.39, 0.29) is 6.10 Å². The van der Waals surface area contributed by atoms with Gasteiger partial charge < -0.3 is 14.3 Å². The van der Waals surface area contributed by atoms with Crippen LogP contribution in [0.5, 0.6) is 0 Å². The number of esters is 1. The van der Waals surface area contributed by atoms with Crippen molar-refractivity contribution in [3.8, 4) is 0 Å². The summed E-state index contributed by atoms with van der Waals surface area (Å²) in [4.78, 5) is 14.4. The van der Waals surface area contributed by atoms with Crippen LogP contribution in [0.15, 0.2) is 35.0 Å². The van der Waals surface area contributed by atoms with E-state index in [2.05, 4.69) is 14.1 Å². The number of thiophene rings is 2. The van der Waals surface area contributed by atoms with Crippen LogP contribution < -0.4 is 0 Å². The number of rotatable bonds is 4. The van der Waals surface area contributed by atoms with Gasteiger partial charge in [0.05, 0.1) is 35.9 Å². The van der Waals surface area contributed by atoms with Crippen molar-refractivity contribution in [1.29, 1.82) is 0 Å². The van der Waals surface area contributed by atoms with Gasteiger partial charge in [0.1, 0.15) is 6.10 Å². The molecule has 5 rings (SSSR count). The Morgan fingerprint density at radius 3 is 2.08 bits per heavy atom. The van der Waals surface area contributed by atoms with Crippen LogP contribution in [0.2, 0.25) is 0 Å². The van der Waals surface area contributed by atoms with E-state index in [1.807, 2.05) is 35.0 Å². The molecule has 0 radical (unpaired) electrons. The predicted molar refractivity (Wildman–Crippen MR) is 102 cm³/mol. The van der Waals surface area contributed by atoms with Crippen molar-refractivity contribution < 1.29 is 19.1 Å². The van der Waals surface area contributed by atoms with Crippen LogP contribution in [-0.4, -0.2) is 47.8 Å². The first-order chi connectivity index (χ1) is 12.4. The van der Waals surface area contributed by atoms with Crippen molar-refractivity contribution in [1.82, 2.24) is 0 Å². The van der Waals surface area contributed by atoms with Gasteiger partial charge in [0, 0.05) is 24.7 Å². The number of nitrogens with zero attached hydrogens (tertiary/aromatic N) is 1. The summed E-state index contributed by atoms with van der Waals surface area (Å²) in [5.41, 5.74) is -1.69. The van der Waals surface area contributed by atoms with Crippen LogP contribution in [0.4, 0.5) is 0 Å². The molecule has 2 bridgehead atoms. The van der Waals surface area contributed by atoms with Crippen molar-refractivity contribution in [2.45, 2.75) is 43.1 Å². The first-order valence-electron chi connectivity index (χ1n) is 9.27. The van der Waals surface area contributed by atoms with Crippen LogP contribution in [-0.2, 0) is 15.1 Å². The maximum atomic E-state index is 13.2. The van der Waals surface area contributed by atoms with Gasteiger partial charge in [-0.3, -0.25) is 0 Å². The minimum absolute atomic E-state index is 0.0806. The fourth-order valence-electron chi connectivity index (χ4n) is 5.51. The fourth-order valence-corrected chi connectivity index (χ4v) is 7.22. The zero-order valence-electron chi connectivity index (χ0n) is 15.0. The Bertz CT molecular complexity index is 760. The fraction of sp³-hybridized carbons (Fsp3) is 0.550. The molecule has 0 amide bonds. The normalized spacial score (nSPS) is 34.3. The van der Waals surface area contributed by atoms with Crippen molar-refractivity contribution in [2.75, 3.05) is 14.1 Å². The number of aliphatic hydroxyl groups is 1. The molecule has 1 saturated carbocycles. The molecule has 2 saturated heterocycles. The zero-order chi connectivity index (χ0) is 18.1. The third-order valence-electron chi connectivity index (χ3n) is 6.92. The Morgan fingerprint density at radius 2 is 1.62 bits per heavy atom. The molecule has 138 valence electrons. The van der Waals surface area contributed by atoms with E-state index in [1.54, 1.807) is 0 Å². The highest BCUT2D eigenvalue weighted by Gasteiger charge is 2.68. The molecule has 6 heteroatoms. The monoisotopic (exact) mass is 390 g/mol. The summed E-state index contributed by atoms with van der Waals surface area (Å²) < 4.78 is 7.03. The zero-order valence-corrected chi connectivity index (χ0v) is 16.6. The second-order valence-corrected chi connectivity index (χ2v) is 10.4. The summed E-state index contributed by atoms with van der Waals surface area (Å²) >= 11 is 2.78. The minimum atomic E-state index is -1.69. The molecule has 2 aromatic heterocycles. The first-order valence-corrected chi connectivity index (χ1v) is 11.0. The van der Waals surface area contributed by atoms with Crippen molar-refractivity contribution in [2.24, 2.45) is 11.8 Å². The lowest BCUT2D eigenvalue weighted by Crippen LogP contribution is -2.59. The molecule has 2 aromatic rings. The maximum Gasteiger partial charge on any atom is 0.349 e. The summed E-state index contributed by atoms with van der Waals surface area (Å²) in [6.45, 7) is 0. The Balaban J connectivity index is 1.40. The topological polar surface area (TPSA) is 46.5 Å². The van der Waals surface area contributed by atoms with Crippen LogP contribution in [0.3, 0.4) is 0 Å². The molecule has 2 aliphatic heterocycles. The van der Waals surface area contributed by atoms with E-state index in [4.69, 9.17) is 4.74 Å². The lowest BCUT2D eigenvalue weighted by molar-refractivity contribution is -0.937. The third-order valence-corrected chi connectivity index (χ3v) is 8.88. The number of carbonyl (C=O) groups excluding carboxylic acids is 1. The van der Waals surface area contributed by atoms with E-state index in [0.29, 0.717) is 21.8 Å². The molecule has 3 aliphatic rings. The molecule has 1 N–H and O–H groups in total. The molecule has 4 nitrogen and oxygen atoms in total. The average Bonchev–Trinajstić information content (AvgIpc) is 2.98. The smallest absolute Gasteiger partial charge is 0.349 e. The van der Waals surface area contributed by atoms with Crippen molar-refractivity contribution in [3.63, 3.8) is 0 Å². The first kappa shape index (κ1) is 16.9. The number of piperidine rings is 2. The second-order valence-electron chi connectivity index (χ2n) is 8.49. The molecule has 4 heterocycles. The van der Waals surface area contributed by atoms with Crippen LogP contribution in [0, 0.1) is 11.8 Å². The number of hydrogen-bond acceptors (Lipinski definition) is 5. The number of carbonyl (C=O) groups is 1. The number of quaternary nitrogens is 1. The van der Waals surface area contributed by atoms with Crippen LogP contribution in [0.1, 0.15) is 29.0 Å². The van der Waals surface area contributed by atoms with Gasteiger partial charge in [0.25, 0.3) is 0 Å². The molecule has 1 unspecified atom stereocenters. The quantitative estimate of drug-likeness (QED) is 0.644. The Morgan fingerprint density at radius 1 is 1.08 bits per heavy atom. The summed E-state index contributed by atoms with van der Waals surface area (Å²) in [6.07, 6.45) is 3.11. The van der Waals surface area contributed by atoms with Gasteiger partial charge in [-0.2, -0.15) is 0 Å². The van der Waals surface area contributed by atoms with Crippen LogP contribution in [0.25, 0.3) is 0 Å². The maximum absolute atomic E-state index is 13.2. The molecule has 0 aromatic carbocycles. The highest BCUT2D eigenvalue weighted by molar-refractivity contribution is 7.12. The van der Waals surface area contributed by atoms with Gasteiger partial charge in [-0.1, -0.05) is 12.1 Å². The molecule has 26 heavy (non-hydrogen) atoms. The van der Waals surface area contributed by atoms with Crippen molar-refractivity contribution in [3.05, 3.63) is 44.8 Å². The summed E-state index contributed by atoms with van der Waals surface area (Å²) in [5, 5.41) is 15.2. The molecule has 3 fully saturated rings. The third kappa shape index (κ3) is 2.29. The van der Waals surface area contributed by atoms with Gasteiger partial charge in [0.2, 0.25) is 5.60 Å². The molecule has 5 atom stereocenters. The van der Waals surface area contributed by atoms with E-state index in [0.717, 1.165) is 29.2 Å². The molecular weight excluding hydrogens is 366 g/mol. The highest BCUT2D eigenvalue weighted by Crippen LogP contribution is 2.61. The number of hydrogen-bond donors (Lipinski definition) is 1. The van der Waals surface area contributed by atoms with Gasteiger partial charge in [-0.05, 0) is 29.3 Å². The van der Waals surface area contributed by atoms with Crippen molar-refractivity contribution >= 4 is 28.6 Å². The molecule has 0 spiro atoms. The van der Waals surface area contributed by atoms with E-state index in [9.17, 15) is 9.90 Å². The largest absolute Gasteiger partial charge is 0.459 e. The summed E-state index contributed by atoms with van der Waals surface area (Å²) in [6, 6.07) is 8.53. The summed E-state index contributed by atoms with van der Waals surface area (Å²) in [7, 11) is 4.65. The Labute approximate surface area is 161 Å². The second kappa shape index (κ2) is 5.64. The minimum Gasteiger partial charge on any atom is -0.459 e. The lowest BCUT2D eigenvalue weighted by Gasteiger charge is -2.46. The van der Waals surface area contributed by atoms with E-state index >= 15 is 0 Å². The molecular formula is C20H24NO3S2+. The number of fused-ring (bicyclic) bond motifs is 5. The van der Waals surface area contributed by atoms with Gasteiger partial charge >= 0.3 is 5.97 Å². The van der Waals surface area contributed by atoms with Gasteiger partial charge in [-0.25, -0.2) is 4.79 Å². The van der Waals surface area contributed by atoms with E-state index in [1.165, 1.54) is 29.1 Å².